The van der Waals surface area contributed by atoms with E-state index in [0.717, 1.165) is 30.2 Å². The maximum Gasteiger partial charge on any atom is 0.220 e. The molecule has 0 bridgehead atoms. The van der Waals surface area contributed by atoms with Gasteiger partial charge in [0.2, 0.25) is 5.91 Å². The Morgan fingerprint density at radius 2 is 2.19 bits per heavy atom. The third-order valence-electron chi connectivity index (χ3n) is 5.10. The van der Waals surface area contributed by atoms with E-state index in [2.05, 4.69) is 22.7 Å². The van der Waals surface area contributed by atoms with Crippen LogP contribution in [0.15, 0.2) is 36.5 Å². The predicted molar refractivity (Wildman–Crippen MR) is 101 cm³/mol. The van der Waals surface area contributed by atoms with Crippen LogP contribution in [0, 0.1) is 11.8 Å². The van der Waals surface area contributed by atoms with Gasteiger partial charge in [-0.15, -0.1) is 0 Å². The number of hydrogen-bond donors (Lipinski definition) is 2. The van der Waals surface area contributed by atoms with E-state index in [9.17, 15) is 4.79 Å². The van der Waals surface area contributed by atoms with Gasteiger partial charge in [-0.05, 0) is 68.1 Å². The number of rotatable bonds is 7. The highest BCUT2D eigenvalue weighted by molar-refractivity contribution is 5.76. The van der Waals surface area contributed by atoms with Crippen molar-refractivity contribution < 1.29 is 9.53 Å². The summed E-state index contributed by atoms with van der Waals surface area (Å²) in [5.41, 5.74) is 1.81. The van der Waals surface area contributed by atoms with E-state index < -0.39 is 0 Å². The molecule has 0 spiro atoms. The second-order valence-corrected chi connectivity index (χ2v) is 7.01. The fraction of sp³-hybridized carbons (Fsp3) is 0.500. The van der Waals surface area contributed by atoms with Gasteiger partial charge >= 0.3 is 0 Å². The van der Waals surface area contributed by atoms with Crippen LogP contribution in [-0.4, -0.2) is 35.9 Å². The van der Waals surface area contributed by atoms with Crippen molar-refractivity contribution in [3.05, 3.63) is 42.2 Å². The molecule has 26 heavy (non-hydrogen) atoms. The summed E-state index contributed by atoms with van der Waals surface area (Å²) in [6, 6.07) is 9.64. The molecule has 0 radical (unpaired) electrons. The van der Waals surface area contributed by atoms with Gasteiger partial charge in [0.25, 0.3) is 0 Å². The quantitative estimate of drug-likeness (QED) is 0.800. The molecule has 140 valence electrons. The predicted octanol–water partition coefficient (Wildman–Crippen LogP) is 2.52. The number of benzene rings is 1. The lowest BCUT2D eigenvalue weighted by molar-refractivity contribution is -0.122. The number of carbonyl (C=O) groups excluding carboxylic acids is 1. The highest BCUT2D eigenvalue weighted by atomic mass is 16.5. The van der Waals surface area contributed by atoms with Gasteiger partial charge in [0.1, 0.15) is 5.75 Å². The third kappa shape index (κ3) is 4.85. The lowest BCUT2D eigenvalue weighted by Gasteiger charge is -2.27. The maximum atomic E-state index is 12.2. The van der Waals surface area contributed by atoms with Gasteiger partial charge in [-0.2, -0.15) is 5.10 Å². The first-order chi connectivity index (χ1) is 12.7. The van der Waals surface area contributed by atoms with Gasteiger partial charge in [-0.3, -0.25) is 4.79 Å². The van der Waals surface area contributed by atoms with Crippen molar-refractivity contribution >= 4 is 5.91 Å². The fourth-order valence-electron chi connectivity index (χ4n) is 3.42. The number of hydrogen-bond acceptors (Lipinski definition) is 4. The molecule has 1 amide bonds. The molecule has 6 heteroatoms. The van der Waals surface area contributed by atoms with Crippen LogP contribution in [-0.2, 0) is 11.3 Å². The minimum Gasteiger partial charge on any atom is -0.497 e. The highest BCUT2D eigenvalue weighted by Gasteiger charge is 2.21. The Labute approximate surface area is 154 Å². The Kier molecular flexibility index (Phi) is 6.28. The smallest absolute Gasteiger partial charge is 0.220 e. The standard InChI is InChI=1S/C20H28N4O2/c1-15(16-4-3-10-21-13-16)12-20(25)22-14-17-9-11-24(23-17)18-5-7-19(26-2)8-6-18/h5-9,11,15-16,21H,3-4,10,12-14H2,1-2H3,(H,22,25). The Hall–Kier alpha value is -2.34. The molecule has 6 nitrogen and oxygen atoms in total. The van der Waals surface area contributed by atoms with Gasteiger partial charge in [0, 0.05) is 12.6 Å². The molecule has 3 rings (SSSR count). The number of nitrogens with zero attached hydrogens (tertiary/aromatic N) is 2. The van der Waals surface area contributed by atoms with Crippen LogP contribution >= 0.6 is 0 Å². The van der Waals surface area contributed by atoms with Crippen molar-refractivity contribution in [2.75, 3.05) is 20.2 Å². The summed E-state index contributed by atoms with van der Waals surface area (Å²) in [6.07, 6.45) is 4.90. The molecule has 1 aromatic carbocycles. The number of piperidine rings is 1. The number of carbonyl (C=O) groups is 1. The summed E-state index contributed by atoms with van der Waals surface area (Å²) in [6.45, 7) is 4.76. The minimum atomic E-state index is 0.0991. The first kappa shape index (κ1) is 18.5. The lowest BCUT2D eigenvalue weighted by atomic mass is 9.85. The molecular weight excluding hydrogens is 328 g/mol. The zero-order valence-electron chi connectivity index (χ0n) is 15.6. The third-order valence-corrected chi connectivity index (χ3v) is 5.10. The summed E-state index contributed by atoms with van der Waals surface area (Å²) in [5.74, 6) is 1.92. The zero-order chi connectivity index (χ0) is 18.4. The average Bonchev–Trinajstić information content (AvgIpc) is 3.16. The molecular formula is C20H28N4O2. The Balaban J connectivity index is 1.48. The second-order valence-electron chi connectivity index (χ2n) is 7.01. The number of ether oxygens (including phenoxy) is 1. The van der Waals surface area contributed by atoms with E-state index in [4.69, 9.17) is 4.74 Å². The Bertz CT molecular complexity index is 705. The van der Waals surface area contributed by atoms with E-state index in [-0.39, 0.29) is 5.91 Å². The summed E-state index contributed by atoms with van der Waals surface area (Å²) >= 11 is 0. The van der Waals surface area contributed by atoms with Gasteiger partial charge in [-0.25, -0.2) is 4.68 Å². The first-order valence-corrected chi connectivity index (χ1v) is 9.32. The maximum absolute atomic E-state index is 12.2. The Morgan fingerprint density at radius 1 is 1.38 bits per heavy atom. The Morgan fingerprint density at radius 3 is 2.88 bits per heavy atom. The molecule has 1 saturated heterocycles. The summed E-state index contributed by atoms with van der Waals surface area (Å²) < 4.78 is 6.97. The van der Waals surface area contributed by atoms with E-state index in [1.165, 1.54) is 12.8 Å². The van der Waals surface area contributed by atoms with Crippen molar-refractivity contribution in [2.45, 2.75) is 32.7 Å². The van der Waals surface area contributed by atoms with Crippen LogP contribution < -0.4 is 15.4 Å². The van der Waals surface area contributed by atoms with Crippen molar-refractivity contribution in [1.29, 1.82) is 0 Å². The number of nitrogens with one attached hydrogen (secondary N) is 2. The molecule has 0 aliphatic carbocycles. The topological polar surface area (TPSA) is 68.2 Å². The monoisotopic (exact) mass is 356 g/mol. The normalized spacial score (nSPS) is 18.3. The molecule has 1 aliphatic heterocycles. The summed E-state index contributed by atoms with van der Waals surface area (Å²) in [7, 11) is 1.65. The fourth-order valence-corrected chi connectivity index (χ4v) is 3.42. The molecule has 2 aromatic rings. The summed E-state index contributed by atoms with van der Waals surface area (Å²) in [4.78, 5) is 12.2. The SMILES string of the molecule is COc1ccc(-n2ccc(CNC(=O)CC(C)C3CCCNC3)n2)cc1. The van der Waals surface area contributed by atoms with Crippen molar-refractivity contribution in [3.8, 4) is 11.4 Å². The van der Waals surface area contributed by atoms with E-state index in [0.29, 0.717) is 24.8 Å². The van der Waals surface area contributed by atoms with Crippen LogP contribution in [0.1, 0.15) is 31.9 Å². The van der Waals surface area contributed by atoms with E-state index in [1.54, 1.807) is 11.8 Å². The average molecular weight is 356 g/mol. The molecule has 2 unspecified atom stereocenters. The minimum absolute atomic E-state index is 0.0991. The van der Waals surface area contributed by atoms with Crippen molar-refractivity contribution in [1.82, 2.24) is 20.4 Å². The van der Waals surface area contributed by atoms with Crippen molar-refractivity contribution in [3.63, 3.8) is 0 Å². The molecule has 2 heterocycles. The van der Waals surface area contributed by atoms with Crippen LogP contribution in [0.25, 0.3) is 5.69 Å². The van der Waals surface area contributed by atoms with Gasteiger partial charge in [-0.1, -0.05) is 6.92 Å². The molecule has 2 atom stereocenters. The number of methoxy groups -OCH3 is 1. The number of amides is 1. The van der Waals surface area contributed by atoms with Crippen LogP contribution in [0.4, 0.5) is 0 Å². The van der Waals surface area contributed by atoms with Crippen LogP contribution in [0.2, 0.25) is 0 Å². The second kappa shape index (κ2) is 8.85. The van der Waals surface area contributed by atoms with Gasteiger partial charge < -0.3 is 15.4 Å². The lowest BCUT2D eigenvalue weighted by Crippen LogP contribution is -2.35. The van der Waals surface area contributed by atoms with Crippen LogP contribution in [0.3, 0.4) is 0 Å². The molecule has 1 aromatic heterocycles. The largest absolute Gasteiger partial charge is 0.497 e. The zero-order valence-corrected chi connectivity index (χ0v) is 15.6. The van der Waals surface area contributed by atoms with E-state index >= 15 is 0 Å². The van der Waals surface area contributed by atoms with Crippen LogP contribution in [0.5, 0.6) is 5.75 Å². The summed E-state index contributed by atoms with van der Waals surface area (Å²) in [5, 5.41) is 10.9. The van der Waals surface area contributed by atoms with E-state index in [1.807, 2.05) is 36.5 Å². The number of aromatic nitrogens is 2. The van der Waals surface area contributed by atoms with Gasteiger partial charge in [0.15, 0.2) is 0 Å². The first-order valence-electron chi connectivity index (χ1n) is 9.32. The van der Waals surface area contributed by atoms with Crippen molar-refractivity contribution in [2.24, 2.45) is 11.8 Å². The molecule has 2 N–H and O–H groups in total. The van der Waals surface area contributed by atoms with Gasteiger partial charge in [0.05, 0.1) is 25.0 Å². The molecule has 1 fully saturated rings. The molecule has 1 aliphatic rings. The molecule has 0 saturated carbocycles. The highest BCUT2D eigenvalue weighted by Crippen LogP contribution is 2.22.